The molecule has 0 N–H and O–H groups in total. The van der Waals surface area contributed by atoms with Gasteiger partial charge in [0.2, 0.25) is 0 Å². The second-order valence-electron chi connectivity index (χ2n) is 5.51. The fraction of sp³-hybridized carbons (Fsp3) is 0.0526. The molecule has 7 heteroatoms. The largest absolute Gasteiger partial charge is 0.391 e. The SMILES string of the molecule is Clc1ccc(CO/N=C\c2c(-c3ccccc3)nc3sccn23)c(Cl)c1. The van der Waals surface area contributed by atoms with Crippen molar-refractivity contribution in [3.63, 3.8) is 0 Å². The zero-order valence-electron chi connectivity index (χ0n) is 13.5. The van der Waals surface area contributed by atoms with Crippen molar-refractivity contribution in [2.45, 2.75) is 6.61 Å². The zero-order valence-corrected chi connectivity index (χ0v) is 15.8. The van der Waals surface area contributed by atoms with Crippen LogP contribution in [0.15, 0.2) is 65.3 Å². The normalized spacial score (nSPS) is 11.5. The van der Waals surface area contributed by atoms with Gasteiger partial charge in [0.05, 0.1) is 17.6 Å². The molecule has 4 nitrogen and oxygen atoms in total. The highest BCUT2D eigenvalue weighted by atomic mass is 35.5. The van der Waals surface area contributed by atoms with Crippen LogP contribution < -0.4 is 0 Å². The van der Waals surface area contributed by atoms with E-state index in [1.54, 1.807) is 29.7 Å². The van der Waals surface area contributed by atoms with Gasteiger partial charge in [-0.2, -0.15) is 0 Å². The minimum absolute atomic E-state index is 0.263. The number of halogens is 2. The molecule has 0 saturated heterocycles. The molecule has 0 fully saturated rings. The molecule has 0 atom stereocenters. The van der Waals surface area contributed by atoms with Crippen molar-refractivity contribution >= 4 is 45.7 Å². The number of rotatable bonds is 5. The standard InChI is InChI=1S/C19H13Cl2N3OS/c20-15-7-6-14(16(21)10-15)12-25-22-11-17-18(13-4-2-1-3-5-13)23-19-24(17)8-9-26-19/h1-11H,12H2/b22-11-. The smallest absolute Gasteiger partial charge is 0.194 e. The van der Waals surface area contributed by atoms with E-state index in [1.807, 2.05) is 52.4 Å². The summed E-state index contributed by atoms with van der Waals surface area (Å²) < 4.78 is 2.00. The predicted octanol–water partition coefficient (Wildman–Crippen LogP) is 5.92. The van der Waals surface area contributed by atoms with Crippen LogP contribution in [0.2, 0.25) is 10.0 Å². The maximum atomic E-state index is 6.15. The summed E-state index contributed by atoms with van der Waals surface area (Å²) in [6, 6.07) is 15.3. The van der Waals surface area contributed by atoms with Crippen LogP contribution in [0.25, 0.3) is 16.2 Å². The monoisotopic (exact) mass is 401 g/mol. The lowest BCUT2D eigenvalue weighted by Gasteiger charge is -2.03. The first-order chi connectivity index (χ1) is 12.7. The van der Waals surface area contributed by atoms with E-state index in [1.165, 1.54) is 0 Å². The number of benzene rings is 2. The van der Waals surface area contributed by atoms with Crippen molar-refractivity contribution in [3.8, 4) is 11.3 Å². The predicted molar refractivity (Wildman–Crippen MR) is 107 cm³/mol. The number of nitrogens with zero attached hydrogens (tertiary/aromatic N) is 3. The Bertz CT molecular complexity index is 1070. The number of thiazole rings is 1. The Morgan fingerprint density at radius 1 is 1.15 bits per heavy atom. The van der Waals surface area contributed by atoms with E-state index in [2.05, 4.69) is 5.16 Å². The molecule has 0 aliphatic heterocycles. The third-order valence-corrected chi connectivity index (χ3v) is 5.17. The van der Waals surface area contributed by atoms with Crippen LogP contribution in [0.3, 0.4) is 0 Å². The molecule has 4 rings (SSSR count). The number of aromatic nitrogens is 2. The van der Waals surface area contributed by atoms with Crippen molar-refractivity contribution in [1.29, 1.82) is 0 Å². The molecule has 4 aromatic rings. The summed E-state index contributed by atoms with van der Waals surface area (Å²) >= 11 is 13.6. The van der Waals surface area contributed by atoms with E-state index in [-0.39, 0.29) is 6.61 Å². The molecule has 2 aromatic heterocycles. The van der Waals surface area contributed by atoms with Crippen LogP contribution in [0.1, 0.15) is 11.3 Å². The lowest BCUT2D eigenvalue weighted by Crippen LogP contribution is -1.94. The second kappa shape index (κ2) is 7.50. The van der Waals surface area contributed by atoms with E-state index in [4.69, 9.17) is 33.0 Å². The van der Waals surface area contributed by atoms with E-state index in [9.17, 15) is 0 Å². The maximum absolute atomic E-state index is 6.15. The number of hydrogen-bond donors (Lipinski definition) is 0. The first-order valence-electron chi connectivity index (χ1n) is 7.82. The van der Waals surface area contributed by atoms with E-state index >= 15 is 0 Å². The third-order valence-electron chi connectivity index (χ3n) is 3.83. The van der Waals surface area contributed by atoms with Crippen molar-refractivity contribution in [1.82, 2.24) is 9.38 Å². The van der Waals surface area contributed by atoms with Gasteiger partial charge in [-0.3, -0.25) is 4.40 Å². The van der Waals surface area contributed by atoms with Crippen LogP contribution in [0.4, 0.5) is 0 Å². The molecule has 0 saturated carbocycles. The average molecular weight is 402 g/mol. The van der Waals surface area contributed by atoms with Crippen molar-refractivity contribution in [3.05, 3.63) is 81.4 Å². The summed E-state index contributed by atoms with van der Waals surface area (Å²) in [5, 5.41) is 7.25. The highest BCUT2D eigenvalue weighted by Gasteiger charge is 2.13. The number of fused-ring (bicyclic) bond motifs is 1. The Morgan fingerprint density at radius 3 is 2.81 bits per heavy atom. The Balaban J connectivity index is 1.58. The topological polar surface area (TPSA) is 38.9 Å². The fourth-order valence-electron chi connectivity index (χ4n) is 2.57. The summed E-state index contributed by atoms with van der Waals surface area (Å²) in [7, 11) is 0. The highest BCUT2D eigenvalue weighted by Crippen LogP contribution is 2.26. The van der Waals surface area contributed by atoms with Gasteiger partial charge in [-0.25, -0.2) is 4.98 Å². The third kappa shape index (κ3) is 3.46. The molecule has 130 valence electrons. The van der Waals surface area contributed by atoms with Gasteiger partial charge in [0.15, 0.2) is 4.96 Å². The van der Waals surface area contributed by atoms with Gasteiger partial charge in [-0.05, 0) is 12.1 Å². The van der Waals surface area contributed by atoms with Gasteiger partial charge in [-0.1, -0.05) is 64.8 Å². The molecule has 2 aromatic carbocycles. The molecule has 0 bridgehead atoms. The van der Waals surface area contributed by atoms with Gasteiger partial charge in [0.25, 0.3) is 0 Å². The lowest BCUT2D eigenvalue weighted by atomic mass is 10.1. The van der Waals surface area contributed by atoms with Crippen molar-refractivity contribution < 1.29 is 4.84 Å². The van der Waals surface area contributed by atoms with Gasteiger partial charge >= 0.3 is 0 Å². The Labute approximate surface area is 164 Å². The molecular weight excluding hydrogens is 389 g/mol. The summed E-state index contributed by atoms with van der Waals surface area (Å²) in [5.74, 6) is 0. The summed E-state index contributed by atoms with van der Waals surface area (Å²) in [6.07, 6.45) is 3.65. The van der Waals surface area contributed by atoms with Crippen molar-refractivity contribution in [2.24, 2.45) is 5.16 Å². The molecule has 0 amide bonds. The first-order valence-corrected chi connectivity index (χ1v) is 9.46. The van der Waals surface area contributed by atoms with E-state index in [0.29, 0.717) is 10.0 Å². The molecule has 26 heavy (non-hydrogen) atoms. The van der Waals surface area contributed by atoms with Crippen LogP contribution in [-0.4, -0.2) is 15.6 Å². The number of hydrogen-bond acceptors (Lipinski definition) is 4. The Kier molecular flexibility index (Phi) is 4.93. The van der Waals surface area contributed by atoms with Gasteiger partial charge in [0, 0.05) is 32.7 Å². The molecule has 0 unspecified atom stereocenters. The van der Waals surface area contributed by atoms with E-state index in [0.717, 1.165) is 27.5 Å². The Hall–Kier alpha value is -2.34. The average Bonchev–Trinajstić information content (AvgIpc) is 3.23. The van der Waals surface area contributed by atoms with E-state index < -0.39 is 0 Å². The molecule has 0 radical (unpaired) electrons. The molecule has 0 aliphatic rings. The number of oxime groups is 1. The van der Waals surface area contributed by atoms with Crippen LogP contribution in [-0.2, 0) is 11.4 Å². The second-order valence-corrected chi connectivity index (χ2v) is 7.23. The minimum atomic E-state index is 0.263. The van der Waals surface area contributed by atoms with Gasteiger partial charge in [-0.15, -0.1) is 11.3 Å². The number of imidazole rings is 1. The van der Waals surface area contributed by atoms with Gasteiger partial charge in [0.1, 0.15) is 6.61 Å². The van der Waals surface area contributed by atoms with Crippen LogP contribution in [0.5, 0.6) is 0 Å². The quantitative estimate of drug-likeness (QED) is 0.307. The first kappa shape index (κ1) is 17.1. The van der Waals surface area contributed by atoms with Crippen LogP contribution >= 0.6 is 34.5 Å². The Morgan fingerprint density at radius 2 is 2.00 bits per heavy atom. The van der Waals surface area contributed by atoms with Crippen molar-refractivity contribution in [2.75, 3.05) is 0 Å². The maximum Gasteiger partial charge on any atom is 0.194 e. The highest BCUT2D eigenvalue weighted by molar-refractivity contribution is 7.15. The molecule has 0 aliphatic carbocycles. The minimum Gasteiger partial charge on any atom is -0.391 e. The molecule has 2 heterocycles. The van der Waals surface area contributed by atoms with Gasteiger partial charge < -0.3 is 4.84 Å². The molecular formula is C19H13Cl2N3OS. The lowest BCUT2D eigenvalue weighted by molar-refractivity contribution is 0.132. The molecule has 0 spiro atoms. The summed E-state index contributed by atoms with van der Waals surface area (Å²) in [4.78, 5) is 11.0. The fourth-order valence-corrected chi connectivity index (χ4v) is 3.75. The zero-order chi connectivity index (χ0) is 17.9. The van der Waals surface area contributed by atoms with Crippen LogP contribution in [0, 0.1) is 0 Å². The summed E-state index contributed by atoms with van der Waals surface area (Å²) in [6.45, 7) is 0.263. The summed E-state index contributed by atoms with van der Waals surface area (Å²) in [5.41, 5.74) is 3.60.